The van der Waals surface area contributed by atoms with Crippen LogP contribution in [0.3, 0.4) is 0 Å². The Labute approximate surface area is 140 Å². The first kappa shape index (κ1) is 18.5. The van der Waals surface area contributed by atoms with E-state index in [-0.39, 0.29) is 12.1 Å². The Morgan fingerprint density at radius 1 is 1.09 bits per heavy atom. The van der Waals surface area contributed by atoms with Crippen LogP contribution in [-0.2, 0) is 9.47 Å². The van der Waals surface area contributed by atoms with E-state index in [1.807, 2.05) is 20.8 Å². The minimum Gasteiger partial charge on any atom is -0.444 e. The van der Waals surface area contributed by atoms with Crippen LogP contribution in [-0.4, -0.2) is 43.0 Å². The van der Waals surface area contributed by atoms with E-state index in [0.29, 0.717) is 12.1 Å². The number of hydrogen-bond acceptors (Lipinski definition) is 4. The van der Waals surface area contributed by atoms with Crippen molar-refractivity contribution in [3.05, 3.63) is 0 Å². The van der Waals surface area contributed by atoms with Gasteiger partial charge in [0.1, 0.15) is 5.60 Å². The van der Waals surface area contributed by atoms with Crippen LogP contribution in [0.5, 0.6) is 0 Å². The summed E-state index contributed by atoms with van der Waals surface area (Å²) in [7, 11) is 0. The van der Waals surface area contributed by atoms with Crippen LogP contribution in [0.15, 0.2) is 0 Å². The predicted molar refractivity (Wildman–Crippen MR) is 91.6 cm³/mol. The van der Waals surface area contributed by atoms with Gasteiger partial charge in [-0.25, -0.2) is 4.79 Å². The molecule has 1 saturated heterocycles. The van der Waals surface area contributed by atoms with Gasteiger partial charge >= 0.3 is 6.09 Å². The van der Waals surface area contributed by atoms with E-state index in [1.54, 1.807) is 0 Å². The number of carbonyl (C=O) groups excluding carboxylic acids is 1. The highest BCUT2D eigenvalue weighted by Gasteiger charge is 2.24. The minimum absolute atomic E-state index is 0.254. The van der Waals surface area contributed by atoms with Crippen LogP contribution in [0.1, 0.15) is 72.1 Å². The van der Waals surface area contributed by atoms with Crippen molar-refractivity contribution in [3.8, 4) is 0 Å². The van der Waals surface area contributed by atoms with E-state index in [0.717, 1.165) is 45.3 Å². The maximum atomic E-state index is 11.8. The monoisotopic (exact) mass is 326 g/mol. The van der Waals surface area contributed by atoms with E-state index in [2.05, 4.69) is 10.6 Å². The smallest absolute Gasteiger partial charge is 0.407 e. The first-order valence-electron chi connectivity index (χ1n) is 9.27. The maximum Gasteiger partial charge on any atom is 0.407 e. The summed E-state index contributed by atoms with van der Waals surface area (Å²) in [5.74, 6) is 0. The van der Waals surface area contributed by atoms with Gasteiger partial charge in [0.2, 0.25) is 0 Å². The van der Waals surface area contributed by atoms with Crippen LogP contribution in [0, 0.1) is 0 Å². The summed E-state index contributed by atoms with van der Waals surface area (Å²) in [6.45, 7) is 7.65. The van der Waals surface area contributed by atoms with Gasteiger partial charge in [-0.05, 0) is 78.7 Å². The van der Waals surface area contributed by atoms with Crippen molar-refractivity contribution in [1.82, 2.24) is 10.6 Å². The van der Waals surface area contributed by atoms with Crippen molar-refractivity contribution < 1.29 is 14.3 Å². The molecule has 1 saturated carbocycles. The molecule has 2 N–H and O–H groups in total. The van der Waals surface area contributed by atoms with Crippen molar-refractivity contribution in [1.29, 1.82) is 0 Å². The Balaban J connectivity index is 1.55. The number of amides is 1. The summed E-state index contributed by atoms with van der Waals surface area (Å²) in [5.41, 5.74) is -0.427. The quantitative estimate of drug-likeness (QED) is 0.813. The van der Waals surface area contributed by atoms with Gasteiger partial charge in [-0.15, -0.1) is 0 Å². The van der Waals surface area contributed by atoms with Crippen molar-refractivity contribution in [2.24, 2.45) is 0 Å². The molecule has 5 heteroatoms. The zero-order chi connectivity index (χ0) is 16.7. The molecule has 0 bridgehead atoms. The fourth-order valence-corrected chi connectivity index (χ4v) is 3.40. The second-order valence-electron chi connectivity index (χ2n) is 7.93. The molecule has 2 fully saturated rings. The predicted octanol–water partition coefficient (Wildman–Crippen LogP) is 3.37. The third-order valence-corrected chi connectivity index (χ3v) is 4.62. The van der Waals surface area contributed by atoms with Gasteiger partial charge in [0, 0.05) is 18.7 Å². The van der Waals surface area contributed by atoms with Crippen LogP contribution in [0.2, 0.25) is 0 Å². The molecule has 1 aliphatic heterocycles. The topological polar surface area (TPSA) is 59.6 Å². The molecule has 0 aromatic heterocycles. The van der Waals surface area contributed by atoms with E-state index in [1.165, 1.54) is 19.3 Å². The van der Waals surface area contributed by atoms with Gasteiger partial charge in [0.15, 0.2) is 0 Å². The summed E-state index contributed by atoms with van der Waals surface area (Å²) in [6.07, 6.45) is 9.32. The third-order valence-electron chi connectivity index (χ3n) is 4.62. The van der Waals surface area contributed by atoms with Crippen molar-refractivity contribution in [2.75, 3.05) is 13.2 Å². The van der Waals surface area contributed by atoms with Gasteiger partial charge in [-0.1, -0.05) is 0 Å². The van der Waals surface area contributed by atoms with Crippen LogP contribution in [0.25, 0.3) is 0 Å². The molecule has 0 spiro atoms. The van der Waals surface area contributed by atoms with Gasteiger partial charge in [-0.3, -0.25) is 0 Å². The summed E-state index contributed by atoms with van der Waals surface area (Å²) in [4.78, 5) is 11.8. The average Bonchev–Trinajstić information content (AvgIpc) is 2.48. The molecule has 5 nitrogen and oxygen atoms in total. The average molecular weight is 326 g/mol. The fourth-order valence-electron chi connectivity index (χ4n) is 3.40. The molecule has 23 heavy (non-hydrogen) atoms. The van der Waals surface area contributed by atoms with E-state index >= 15 is 0 Å². The number of carbonyl (C=O) groups is 1. The van der Waals surface area contributed by atoms with E-state index in [9.17, 15) is 4.79 Å². The van der Waals surface area contributed by atoms with Crippen molar-refractivity contribution in [2.45, 2.75) is 95.9 Å². The summed E-state index contributed by atoms with van der Waals surface area (Å²) in [5, 5.41) is 6.65. The zero-order valence-corrected chi connectivity index (χ0v) is 15.0. The van der Waals surface area contributed by atoms with E-state index in [4.69, 9.17) is 9.47 Å². The largest absolute Gasteiger partial charge is 0.444 e. The lowest BCUT2D eigenvalue weighted by Gasteiger charge is -2.31. The summed E-state index contributed by atoms with van der Waals surface area (Å²) in [6, 6.07) is 0.833. The molecular formula is C18H34N2O3. The molecular weight excluding hydrogens is 292 g/mol. The summed E-state index contributed by atoms with van der Waals surface area (Å²) < 4.78 is 11.1. The lowest BCUT2D eigenvalue weighted by atomic mass is 9.91. The number of nitrogens with one attached hydrogen (secondary N) is 2. The van der Waals surface area contributed by atoms with Crippen LogP contribution < -0.4 is 10.6 Å². The lowest BCUT2D eigenvalue weighted by Crippen LogP contribution is -2.44. The van der Waals surface area contributed by atoms with Crippen LogP contribution in [0.4, 0.5) is 4.79 Å². The second-order valence-corrected chi connectivity index (χ2v) is 7.93. The number of ether oxygens (including phenoxy) is 2. The highest BCUT2D eigenvalue weighted by molar-refractivity contribution is 5.68. The normalized spacial score (nSPS) is 29.1. The zero-order valence-electron chi connectivity index (χ0n) is 15.0. The van der Waals surface area contributed by atoms with Gasteiger partial charge in [0.05, 0.1) is 6.10 Å². The standard InChI is InChI=1S/C18H34N2O3/c1-18(2,3)23-17(21)20-15-9-7-14(8-10-15)19-12-11-16-6-4-5-13-22-16/h14-16,19H,4-13H2,1-3H3,(H,20,21). The van der Waals surface area contributed by atoms with Gasteiger partial charge in [0.25, 0.3) is 0 Å². The van der Waals surface area contributed by atoms with Crippen molar-refractivity contribution >= 4 is 6.09 Å². The van der Waals surface area contributed by atoms with Gasteiger partial charge < -0.3 is 20.1 Å². The molecule has 0 radical (unpaired) electrons. The fraction of sp³-hybridized carbons (Fsp3) is 0.944. The lowest BCUT2D eigenvalue weighted by molar-refractivity contribution is 0.0109. The molecule has 1 atom stereocenters. The Hall–Kier alpha value is -0.810. The van der Waals surface area contributed by atoms with E-state index < -0.39 is 5.60 Å². The number of alkyl carbamates (subject to hydrolysis) is 1. The SMILES string of the molecule is CC(C)(C)OC(=O)NC1CCC(NCCC2CCCCO2)CC1. The highest BCUT2D eigenvalue weighted by atomic mass is 16.6. The number of rotatable bonds is 5. The molecule has 0 aromatic carbocycles. The molecule has 1 unspecified atom stereocenters. The Kier molecular flexibility index (Phi) is 7.15. The third kappa shape index (κ3) is 7.53. The molecule has 2 rings (SSSR count). The molecule has 134 valence electrons. The number of hydrogen-bond donors (Lipinski definition) is 2. The Morgan fingerprint density at radius 3 is 2.39 bits per heavy atom. The second kappa shape index (κ2) is 8.88. The first-order chi connectivity index (χ1) is 10.9. The van der Waals surface area contributed by atoms with Gasteiger partial charge in [-0.2, -0.15) is 0 Å². The molecule has 2 aliphatic rings. The molecule has 0 aromatic rings. The Morgan fingerprint density at radius 2 is 1.78 bits per heavy atom. The van der Waals surface area contributed by atoms with Crippen molar-refractivity contribution in [3.63, 3.8) is 0 Å². The van der Waals surface area contributed by atoms with Crippen LogP contribution >= 0.6 is 0 Å². The maximum absolute atomic E-state index is 11.8. The molecule has 1 aliphatic carbocycles. The minimum atomic E-state index is -0.427. The highest BCUT2D eigenvalue weighted by Crippen LogP contribution is 2.20. The molecule has 1 amide bonds. The Bertz CT molecular complexity index is 354. The summed E-state index contributed by atoms with van der Waals surface area (Å²) >= 11 is 0. The molecule has 1 heterocycles. The first-order valence-corrected chi connectivity index (χ1v) is 9.27.